The molecule has 0 spiro atoms. The molecule has 0 radical (unpaired) electrons. The molecular weight excluding hydrogens is 184 g/mol. The van der Waals surface area contributed by atoms with Gasteiger partial charge in [-0.05, 0) is 63.7 Å². The highest BCUT2D eigenvalue weighted by Gasteiger charge is 2.20. The predicted molar refractivity (Wildman–Crippen MR) is 66.6 cm³/mol. The number of nitrogens with two attached hydrogens (primary N) is 2. The highest BCUT2D eigenvalue weighted by atomic mass is 14.6. The van der Waals surface area contributed by atoms with Crippen molar-refractivity contribution in [1.82, 2.24) is 0 Å². The summed E-state index contributed by atoms with van der Waals surface area (Å²) in [6, 6.07) is 0.854. The Morgan fingerprint density at radius 1 is 1.07 bits per heavy atom. The summed E-state index contributed by atoms with van der Waals surface area (Å²) >= 11 is 0. The number of hydrogen-bond acceptors (Lipinski definition) is 2. The van der Waals surface area contributed by atoms with Crippen LogP contribution < -0.4 is 11.5 Å². The van der Waals surface area contributed by atoms with Gasteiger partial charge in [0, 0.05) is 12.1 Å². The summed E-state index contributed by atoms with van der Waals surface area (Å²) in [5, 5.41) is 0. The van der Waals surface area contributed by atoms with Crippen molar-refractivity contribution in [2.24, 2.45) is 23.3 Å². The van der Waals surface area contributed by atoms with E-state index in [1.54, 1.807) is 0 Å². The largest absolute Gasteiger partial charge is 0.328 e. The van der Waals surface area contributed by atoms with E-state index in [1.807, 2.05) is 0 Å². The van der Waals surface area contributed by atoms with Crippen molar-refractivity contribution >= 4 is 0 Å². The summed E-state index contributed by atoms with van der Waals surface area (Å²) in [7, 11) is 0. The van der Waals surface area contributed by atoms with Gasteiger partial charge in [-0.25, -0.2) is 0 Å². The topological polar surface area (TPSA) is 52.0 Å². The van der Waals surface area contributed by atoms with E-state index in [1.165, 1.54) is 44.9 Å². The number of hydrogen-bond donors (Lipinski definition) is 2. The summed E-state index contributed by atoms with van der Waals surface area (Å²) in [6.07, 6.45) is 9.04. The first-order chi connectivity index (χ1) is 7.08. The zero-order valence-electron chi connectivity index (χ0n) is 10.4. The highest BCUT2D eigenvalue weighted by molar-refractivity contribution is 4.75. The van der Waals surface area contributed by atoms with Crippen LogP contribution in [0.25, 0.3) is 0 Å². The van der Waals surface area contributed by atoms with E-state index in [2.05, 4.69) is 13.8 Å². The summed E-state index contributed by atoms with van der Waals surface area (Å²) in [5.41, 5.74) is 11.7. The van der Waals surface area contributed by atoms with Crippen LogP contribution in [0.15, 0.2) is 0 Å². The van der Waals surface area contributed by atoms with Crippen LogP contribution in [-0.2, 0) is 0 Å². The lowest BCUT2D eigenvalue weighted by molar-refractivity contribution is 0.267. The Hall–Kier alpha value is -0.0800. The second kappa shape index (κ2) is 6.49. The Morgan fingerprint density at radius 3 is 2.20 bits per heavy atom. The zero-order valence-corrected chi connectivity index (χ0v) is 10.4. The molecule has 0 aromatic heterocycles. The minimum atomic E-state index is 0.368. The Bertz CT molecular complexity index is 160. The maximum atomic E-state index is 5.91. The van der Waals surface area contributed by atoms with E-state index in [9.17, 15) is 0 Å². The van der Waals surface area contributed by atoms with Crippen molar-refractivity contribution in [2.75, 3.05) is 0 Å². The molecule has 90 valence electrons. The average Bonchev–Trinajstić information content (AvgIpc) is 2.19. The van der Waals surface area contributed by atoms with E-state index in [-0.39, 0.29) is 0 Å². The van der Waals surface area contributed by atoms with E-state index in [4.69, 9.17) is 11.5 Å². The highest BCUT2D eigenvalue weighted by Crippen LogP contribution is 2.30. The van der Waals surface area contributed by atoms with E-state index in [0.29, 0.717) is 12.1 Å². The van der Waals surface area contributed by atoms with Crippen LogP contribution in [0, 0.1) is 11.8 Å². The molecule has 4 N–H and O–H groups in total. The molecule has 2 heteroatoms. The van der Waals surface area contributed by atoms with Gasteiger partial charge in [0.25, 0.3) is 0 Å². The molecule has 2 nitrogen and oxygen atoms in total. The van der Waals surface area contributed by atoms with Crippen molar-refractivity contribution < 1.29 is 0 Å². The molecule has 0 bridgehead atoms. The maximum Gasteiger partial charge on any atom is 0.00390 e. The van der Waals surface area contributed by atoms with Crippen LogP contribution in [0.5, 0.6) is 0 Å². The van der Waals surface area contributed by atoms with Crippen molar-refractivity contribution in [1.29, 1.82) is 0 Å². The van der Waals surface area contributed by atoms with E-state index < -0.39 is 0 Å². The van der Waals surface area contributed by atoms with Gasteiger partial charge in [-0.2, -0.15) is 0 Å². The molecule has 2 atom stereocenters. The molecule has 0 aromatic carbocycles. The van der Waals surface area contributed by atoms with Crippen molar-refractivity contribution in [3.8, 4) is 0 Å². The fourth-order valence-electron chi connectivity index (χ4n) is 2.66. The summed E-state index contributed by atoms with van der Waals surface area (Å²) in [6.45, 7) is 4.48. The Morgan fingerprint density at radius 2 is 1.67 bits per heavy atom. The van der Waals surface area contributed by atoms with Gasteiger partial charge in [0.05, 0.1) is 0 Å². The second-order valence-electron chi connectivity index (χ2n) is 5.68. The Labute approximate surface area is 94.8 Å². The molecule has 2 unspecified atom stereocenters. The first-order valence-corrected chi connectivity index (χ1v) is 6.59. The molecule has 0 aliphatic heterocycles. The molecule has 15 heavy (non-hydrogen) atoms. The molecule has 0 amide bonds. The molecular formula is C13H28N2. The lowest BCUT2D eigenvalue weighted by atomic mass is 9.80. The fraction of sp³-hybridized carbons (Fsp3) is 1.00. The third-order valence-electron chi connectivity index (χ3n) is 3.74. The van der Waals surface area contributed by atoms with Gasteiger partial charge in [-0.15, -0.1) is 0 Å². The van der Waals surface area contributed by atoms with E-state index in [0.717, 1.165) is 11.8 Å². The standard InChI is InChI=1S/C13H28N2/c1-10(3-4-11(2)14)9-12-5-7-13(15)8-6-12/h10-13H,3-9,14-15H2,1-2H3. The monoisotopic (exact) mass is 212 g/mol. The van der Waals surface area contributed by atoms with Crippen LogP contribution in [0.1, 0.15) is 58.8 Å². The van der Waals surface area contributed by atoms with Crippen molar-refractivity contribution in [3.63, 3.8) is 0 Å². The molecule has 0 saturated heterocycles. The summed E-state index contributed by atoms with van der Waals surface area (Å²) in [5.74, 6) is 1.78. The lowest BCUT2D eigenvalue weighted by Gasteiger charge is -2.28. The van der Waals surface area contributed by atoms with Crippen LogP contribution in [-0.4, -0.2) is 12.1 Å². The van der Waals surface area contributed by atoms with Gasteiger partial charge >= 0.3 is 0 Å². The average molecular weight is 212 g/mol. The Kier molecular flexibility index (Phi) is 5.62. The van der Waals surface area contributed by atoms with Crippen LogP contribution in [0.4, 0.5) is 0 Å². The Balaban J connectivity index is 2.12. The normalized spacial score (nSPS) is 31.2. The third kappa shape index (κ3) is 5.53. The second-order valence-corrected chi connectivity index (χ2v) is 5.68. The smallest absolute Gasteiger partial charge is 0.00390 e. The molecule has 1 rings (SSSR count). The van der Waals surface area contributed by atoms with Gasteiger partial charge in [-0.3, -0.25) is 0 Å². The first kappa shape index (κ1) is 13.0. The third-order valence-corrected chi connectivity index (χ3v) is 3.74. The van der Waals surface area contributed by atoms with Gasteiger partial charge in [0.2, 0.25) is 0 Å². The molecule has 1 aliphatic rings. The van der Waals surface area contributed by atoms with Gasteiger partial charge < -0.3 is 11.5 Å². The minimum Gasteiger partial charge on any atom is -0.328 e. The molecule has 1 saturated carbocycles. The fourth-order valence-corrected chi connectivity index (χ4v) is 2.66. The molecule has 0 heterocycles. The van der Waals surface area contributed by atoms with Gasteiger partial charge in [0.1, 0.15) is 0 Å². The van der Waals surface area contributed by atoms with Crippen molar-refractivity contribution in [3.05, 3.63) is 0 Å². The zero-order chi connectivity index (χ0) is 11.3. The van der Waals surface area contributed by atoms with Crippen LogP contribution in [0.3, 0.4) is 0 Å². The maximum absolute atomic E-state index is 5.91. The van der Waals surface area contributed by atoms with Crippen LogP contribution in [0.2, 0.25) is 0 Å². The molecule has 0 aromatic rings. The van der Waals surface area contributed by atoms with Gasteiger partial charge in [-0.1, -0.05) is 6.92 Å². The lowest BCUT2D eigenvalue weighted by Crippen LogP contribution is -2.27. The number of rotatable bonds is 5. The van der Waals surface area contributed by atoms with E-state index >= 15 is 0 Å². The molecule has 1 fully saturated rings. The van der Waals surface area contributed by atoms with Crippen LogP contribution >= 0.6 is 0 Å². The van der Waals surface area contributed by atoms with Gasteiger partial charge in [0.15, 0.2) is 0 Å². The van der Waals surface area contributed by atoms with Crippen molar-refractivity contribution in [2.45, 2.75) is 70.9 Å². The summed E-state index contributed by atoms with van der Waals surface area (Å²) < 4.78 is 0. The summed E-state index contributed by atoms with van der Waals surface area (Å²) in [4.78, 5) is 0. The SMILES string of the molecule is CC(N)CCC(C)CC1CCC(N)CC1. The quantitative estimate of drug-likeness (QED) is 0.736. The first-order valence-electron chi connectivity index (χ1n) is 6.59. The molecule has 1 aliphatic carbocycles. The predicted octanol–water partition coefficient (Wildman–Crippen LogP) is 2.66. The minimum absolute atomic E-state index is 0.368.